The lowest BCUT2D eigenvalue weighted by Gasteiger charge is -2.32. The van der Waals surface area contributed by atoms with Crippen LogP contribution in [0.15, 0.2) is 12.1 Å². The highest BCUT2D eigenvalue weighted by molar-refractivity contribution is 5.95. The summed E-state index contributed by atoms with van der Waals surface area (Å²) in [6, 6.07) is 3.40. The van der Waals surface area contributed by atoms with Gasteiger partial charge in [-0.2, -0.15) is 0 Å². The molecule has 0 aliphatic carbocycles. The lowest BCUT2D eigenvalue weighted by Crippen LogP contribution is -2.41. The number of hydrogen-bond acceptors (Lipinski definition) is 5. The molecule has 1 fully saturated rings. The van der Waals surface area contributed by atoms with E-state index in [-0.39, 0.29) is 5.91 Å². The summed E-state index contributed by atoms with van der Waals surface area (Å²) in [7, 11) is 6.32. The second kappa shape index (κ2) is 8.06. The summed E-state index contributed by atoms with van der Waals surface area (Å²) >= 11 is 0. The van der Waals surface area contributed by atoms with Crippen LogP contribution < -0.4 is 14.2 Å². The molecule has 23 heavy (non-hydrogen) atoms. The van der Waals surface area contributed by atoms with Crippen LogP contribution in [0, 0.1) is 5.92 Å². The van der Waals surface area contributed by atoms with Gasteiger partial charge in [0.15, 0.2) is 11.5 Å². The number of benzene rings is 1. The molecule has 1 aromatic rings. The number of ether oxygens (including phenoxy) is 4. The first kappa shape index (κ1) is 17.4. The standard InChI is InChI=1S/C17H25NO5/c1-20-11-12-6-5-7-18(10-12)17(19)13-8-14(21-2)16(23-4)15(9-13)22-3/h8-9,12H,5-7,10-11H2,1-4H3. The quantitative estimate of drug-likeness (QED) is 0.803. The Labute approximate surface area is 137 Å². The van der Waals surface area contributed by atoms with Crippen molar-refractivity contribution < 1.29 is 23.7 Å². The average molecular weight is 323 g/mol. The van der Waals surface area contributed by atoms with Crippen molar-refractivity contribution in [2.45, 2.75) is 12.8 Å². The van der Waals surface area contributed by atoms with E-state index in [0.29, 0.717) is 41.9 Å². The van der Waals surface area contributed by atoms with Crippen molar-refractivity contribution in [3.05, 3.63) is 17.7 Å². The van der Waals surface area contributed by atoms with Crippen LogP contribution in [0.2, 0.25) is 0 Å². The van der Waals surface area contributed by atoms with Crippen molar-refractivity contribution >= 4 is 5.91 Å². The highest BCUT2D eigenvalue weighted by atomic mass is 16.5. The van der Waals surface area contributed by atoms with Gasteiger partial charge in [0.2, 0.25) is 5.75 Å². The molecule has 6 heteroatoms. The van der Waals surface area contributed by atoms with Crippen molar-refractivity contribution in [2.24, 2.45) is 5.92 Å². The first-order chi connectivity index (χ1) is 11.1. The molecular weight excluding hydrogens is 298 g/mol. The Balaban J connectivity index is 2.24. The van der Waals surface area contributed by atoms with Gasteiger partial charge in [0.25, 0.3) is 5.91 Å². The molecule has 0 bridgehead atoms. The third-order valence-electron chi connectivity index (χ3n) is 4.12. The molecule has 1 aliphatic heterocycles. The molecule has 1 atom stereocenters. The summed E-state index contributed by atoms with van der Waals surface area (Å²) in [5.41, 5.74) is 0.539. The lowest BCUT2D eigenvalue weighted by atomic mass is 9.98. The Bertz CT molecular complexity index is 519. The number of likely N-dealkylation sites (tertiary alicyclic amines) is 1. The van der Waals surface area contributed by atoms with Crippen molar-refractivity contribution in [3.63, 3.8) is 0 Å². The molecule has 0 spiro atoms. The van der Waals surface area contributed by atoms with Crippen LogP contribution in [0.1, 0.15) is 23.2 Å². The minimum absolute atomic E-state index is 0.0231. The largest absolute Gasteiger partial charge is 0.493 e. The molecule has 2 rings (SSSR count). The van der Waals surface area contributed by atoms with E-state index >= 15 is 0 Å². The van der Waals surface area contributed by atoms with Gasteiger partial charge in [0.05, 0.1) is 27.9 Å². The zero-order chi connectivity index (χ0) is 16.8. The molecule has 1 aromatic carbocycles. The molecule has 1 heterocycles. The Hall–Kier alpha value is -1.95. The van der Waals surface area contributed by atoms with Crippen molar-refractivity contribution in [1.82, 2.24) is 4.90 Å². The molecule has 128 valence electrons. The van der Waals surface area contributed by atoms with E-state index in [1.54, 1.807) is 40.6 Å². The number of nitrogens with zero attached hydrogens (tertiary/aromatic N) is 1. The van der Waals surface area contributed by atoms with Crippen molar-refractivity contribution in [3.8, 4) is 17.2 Å². The Morgan fingerprint density at radius 3 is 2.30 bits per heavy atom. The molecule has 1 amide bonds. The monoisotopic (exact) mass is 323 g/mol. The summed E-state index contributed by atoms with van der Waals surface area (Å²) in [5.74, 6) is 1.83. The summed E-state index contributed by atoms with van der Waals surface area (Å²) in [6.45, 7) is 2.15. The predicted octanol–water partition coefficient (Wildman–Crippen LogP) is 2.21. The van der Waals surface area contributed by atoms with E-state index < -0.39 is 0 Å². The molecular formula is C17H25NO5. The number of amides is 1. The fourth-order valence-corrected chi connectivity index (χ4v) is 3.01. The van der Waals surface area contributed by atoms with Crippen LogP contribution in [-0.4, -0.2) is 58.9 Å². The summed E-state index contributed by atoms with van der Waals surface area (Å²) < 4.78 is 21.2. The van der Waals surface area contributed by atoms with E-state index in [4.69, 9.17) is 18.9 Å². The summed E-state index contributed by atoms with van der Waals surface area (Å²) in [5, 5.41) is 0. The lowest BCUT2D eigenvalue weighted by molar-refractivity contribution is 0.0570. The average Bonchev–Trinajstić information content (AvgIpc) is 2.60. The van der Waals surface area contributed by atoms with E-state index in [2.05, 4.69) is 0 Å². The van der Waals surface area contributed by atoms with Gasteiger partial charge in [-0.25, -0.2) is 0 Å². The molecule has 1 saturated heterocycles. The van der Waals surface area contributed by atoms with Gasteiger partial charge in [0.1, 0.15) is 0 Å². The molecule has 6 nitrogen and oxygen atoms in total. The number of piperidine rings is 1. The van der Waals surface area contributed by atoms with Gasteiger partial charge in [-0.1, -0.05) is 0 Å². The van der Waals surface area contributed by atoms with Crippen LogP contribution >= 0.6 is 0 Å². The second-order valence-electron chi connectivity index (χ2n) is 5.63. The highest BCUT2D eigenvalue weighted by Crippen LogP contribution is 2.38. The maximum absolute atomic E-state index is 12.8. The maximum atomic E-state index is 12.8. The molecule has 1 unspecified atom stereocenters. The number of hydrogen-bond donors (Lipinski definition) is 0. The summed E-state index contributed by atoms with van der Waals surface area (Å²) in [6.07, 6.45) is 2.08. The Kier molecular flexibility index (Phi) is 6.10. The van der Waals surface area contributed by atoms with E-state index in [1.807, 2.05) is 4.90 Å². The van der Waals surface area contributed by atoms with Gasteiger partial charge in [0, 0.05) is 25.8 Å². The fourth-order valence-electron chi connectivity index (χ4n) is 3.01. The maximum Gasteiger partial charge on any atom is 0.254 e. The predicted molar refractivity (Wildman–Crippen MR) is 86.6 cm³/mol. The SMILES string of the molecule is COCC1CCCN(C(=O)c2cc(OC)c(OC)c(OC)c2)C1. The number of carbonyl (C=O) groups excluding carboxylic acids is 1. The fraction of sp³-hybridized carbons (Fsp3) is 0.588. The van der Waals surface area contributed by atoms with Crippen LogP contribution in [0.3, 0.4) is 0 Å². The van der Waals surface area contributed by atoms with Gasteiger partial charge in [-0.15, -0.1) is 0 Å². The number of methoxy groups -OCH3 is 4. The first-order valence-electron chi connectivity index (χ1n) is 7.72. The smallest absolute Gasteiger partial charge is 0.254 e. The number of carbonyl (C=O) groups is 1. The van der Waals surface area contributed by atoms with Crippen LogP contribution in [0.25, 0.3) is 0 Å². The highest BCUT2D eigenvalue weighted by Gasteiger charge is 2.26. The zero-order valence-corrected chi connectivity index (χ0v) is 14.3. The molecule has 0 radical (unpaired) electrons. The van der Waals surface area contributed by atoms with E-state index in [9.17, 15) is 4.79 Å². The normalized spacial score (nSPS) is 17.7. The Morgan fingerprint density at radius 1 is 1.13 bits per heavy atom. The second-order valence-corrected chi connectivity index (χ2v) is 5.63. The van der Waals surface area contributed by atoms with E-state index in [1.165, 1.54) is 0 Å². The molecule has 1 aliphatic rings. The molecule has 0 aromatic heterocycles. The van der Waals surface area contributed by atoms with Gasteiger partial charge < -0.3 is 23.8 Å². The third kappa shape index (κ3) is 3.88. The minimum atomic E-state index is -0.0231. The minimum Gasteiger partial charge on any atom is -0.493 e. The first-order valence-corrected chi connectivity index (χ1v) is 7.72. The van der Waals surface area contributed by atoms with Crippen molar-refractivity contribution in [2.75, 3.05) is 48.1 Å². The summed E-state index contributed by atoms with van der Waals surface area (Å²) in [4.78, 5) is 14.7. The van der Waals surface area contributed by atoms with Gasteiger partial charge in [-0.3, -0.25) is 4.79 Å². The van der Waals surface area contributed by atoms with Crippen LogP contribution in [-0.2, 0) is 4.74 Å². The molecule has 0 N–H and O–H groups in total. The zero-order valence-electron chi connectivity index (χ0n) is 14.3. The van der Waals surface area contributed by atoms with Gasteiger partial charge >= 0.3 is 0 Å². The third-order valence-corrected chi connectivity index (χ3v) is 4.12. The van der Waals surface area contributed by atoms with Crippen molar-refractivity contribution in [1.29, 1.82) is 0 Å². The van der Waals surface area contributed by atoms with Crippen LogP contribution in [0.4, 0.5) is 0 Å². The molecule has 0 saturated carbocycles. The van der Waals surface area contributed by atoms with E-state index in [0.717, 1.165) is 19.4 Å². The number of rotatable bonds is 6. The Morgan fingerprint density at radius 2 is 1.78 bits per heavy atom. The van der Waals surface area contributed by atoms with Gasteiger partial charge in [-0.05, 0) is 30.9 Å². The van der Waals surface area contributed by atoms with Crippen LogP contribution in [0.5, 0.6) is 17.2 Å². The topological polar surface area (TPSA) is 57.2 Å².